The largest absolute Gasteiger partial charge is 0.478 e. The molecular formula is C16H18ClN3O3S2. The fourth-order valence-corrected chi connectivity index (χ4v) is 3.38. The Kier molecular flexibility index (Phi) is 6.69. The predicted molar refractivity (Wildman–Crippen MR) is 102 cm³/mol. The number of primary amides is 1. The van der Waals surface area contributed by atoms with E-state index in [-0.39, 0.29) is 17.6 Å². The van der Waals surface area contributed by atoms with Crippen LogP contribution in [0.2, 0.25) is 5.02 Å². The lowest BCUT2D eigenvalue weighted by atomic mass is 10.1. The number of nitrogens with zero attached hydrogens (tertiary/aromatic N) is 1. The SMILES string of the molecule is CC(C)(Oc1ccc(Cl)cc1)C(=O)Nc1nc(CSCC(N)=O)cs1. The number of hydrogen-bond acceptors (Lipinski definition) is 6. The first-order valence-corrected chi connectivity index (χ1v) is 9.74. The third-order valence-electron chi connectivity index (χ3n) is 3.00. The van der Waals surface area contributed by atoms with Gasteiger partial charge in [-0.3, -0.25) is 14.9 Å². The molecule has 0 saturated heterocycles. The van der Waals surface area contributed by atoms with Crippen LogP contribution >= 0.6 is 34.7 Å². The molecule has 2 rings (SSSR count). The van der Waals surface area contributed by atoms with Gasteiger partial charge in [-0.05, 0) is 38.1 Å². The van der Waals surface area contributed by atoms with Gasteiger partial charge in [-0.2, -0.15) is 0 Å². The predicted octanol–water partition coefficient (Wildman–Crippen LogP) is 3.31. The summed E-state index contributed by atoms with van der Waals surface area (Å²) >= 11 is 8.53. The van der Waals surface area contributed by atoms with Gasteiger partial charge in [0.1, 0.15) is 5.75 Å². The highest BCUT2D eigenvalue weighted by Gasteiger charge is 2.30. The molecule has 0 unspecified atom stereocenters. The van der Waals surface area contributed by atoms with Crippen molar-refractivity contribution in [2.75, 3.05) is 11.1 Å². The Hall–Kier alpha value is -1.77. The zero-order chi connectivity index (χ0) is 18.4. The van der Waals surface area contributed by atoms with Crippen LogP contribution in [0.1, 0.15) is 19.5 Å². The van der Waals surface area contributed by atoms with E-state index < -0.39 is 5.60 Å². The molecule has 1 aromatic heterocycles. The average molecular weight is 400 g/mol. The standard InChI is InChI=1S/C16H18ClN3O3S2/c1-16(2,23-12-5-3-10(17)4-6-12)14(22)20-15-19-11(8-25-15)7-24-9-13(18)21/h3-6,8H,7,9H2,1-2H3,(H2,18,21)(H,19,20,22). The van der Waals surface area contributed by atoms with E-state index in [4.69, 9.17) is 22.1 Å². The van der Waals surface area contributed by atoms with Gasteiger partial charge in [0.15, 0.2) is 10.7 Å². The number of carbonyl (C=O) groups excluding carboxylic acids is 2. The third-order valence-corrected chi connectivity index (χ3v) is 5.05. The summed E-state index contributed by atoms with van der Waals surface area (Å²) in [5.74, 6) is 0.663. The summed E-state index contributed by atoms with van der Waals surface area (Å²) in [7, 11) is 0. The molecule has 25 heavy (non-hydrogen) atoms. The van der Waals surface area contributed by atoms with Crippen molar-refractivity contribution in [1.82, 2.24) is 4.98 Å². The first-order chi connectivity index (χ1) is 11.8. The molecule has 0 aliphatic rings. The fourth-order valence-electron chi connectivity index (χ4n) is 1.78. The Morgan fingerprint density at radius 2 is 2.04 bits per heavy atom. The third kappa shape index (κ3) is 6.22. The maximum absolute atomic E-state index is 12.5. The van der Waals surface area contributed by atoms with E-state index in [1.165, 1.54) is 23.1 Å². The van der Waals surface area contributed by atoms with Crippen molar-refractivity contribution in [2.45, 2.75) is 25.2 Å². The average Bonchev–Trinajstić information content (AvgIpc) is 2.96. The molecule has 2 amide bonds. The number of nitrogens with one attached hydrogen (secondary N) is 1. The monoisotopic (exact) mass is 399 g/mol. The number of ether oxygens (including phenoxy) is 1. The molecular weight excluding hydrogens is 382 g/mol. The Morgan fingerprint density at radius 3 is 2.68 bits per heavy atom. The lowest BCUT2D eigenvalue weighted by molar-refractivity contribution is -0.128. The number of thiazole rings is 1. The van der Waals surface area contributed by atoms with E-state index in [2.05, 4.69) is 10.3 Å². The van der Waals surface area contributed by atoms with Gasteiger partial charge in [0.2, 0.25) is 5.91 Å². The maximum atomic E-state index is 12.5. The van der Waals surface area contributed by atoms with Gasteiger partial charge < -0.3 is 10.5 Å². The molecule has 1 heterocycles. The van der Waals surface area contributed by atoms with E-state index in [1.807, 2.05) is 5.38 Å². The summed E-state index contributed by atoms with van der Waals surface area (Å²) in [6, 6.07) is 6.80. The molecule has 0 fully saturated rings. The van der Waals surface area contributed by atoms with Crippen molar-refractivity contribution in [2.24, 2.45) is 5.73 Å². The van der Waals surface area contributed by atoms with Gasteiger partial charge in [0.25, 0.3) is 5.91 Å². The van der Waals surface area contributed by atoms with Crippen LogP contribution < -0.4 is 15.8 Å². The van der Waals surface area contributed by atoms with Crippen molar-refractivity contribution in [3.63, 3.8) is 0 Å². The number of hydrogen-bond donors (Lipinski definition) is 2. The van der Waals surface area contributed by atoms with Crippen LogP contribution in [0.25, 0.3) is 0 Å². The fraction of sp³-hybridized carbons (Fsp3) is 0.312. The summed E-state index contributed by atoms with van der Waals surface area (Å²) in [6.45, 7) is 3.35. The van der Waals surface area contributed by atoms with Crippen LogP contribution in [-0.2, 0) is 15.3 Å². The summed E-state index contributed by atoms with van der Waals surface area (Å²) in [5.41, 5.74) is 4.79. The van der Waals surface area contributed by atoms with Crippen molar-refractivity contribution < 1.29 is 14.3 Å². The number of anilines is 1. The van der Waals surface area contributed by atoms with E-state index in [1.54, 1.807) is 38.1 Å². The van der Waals surface area contributed by atoms with Gasteiger partial charge in [-0.25, -0.2) is 4.98 Å². The summed E-state index contributed by atoms with van der Waals surface area (Å²) < 4.78 is 5.74. The number of halogens is 1. The topological polar surface area (TPSA) is 94.3 Å². The van der Waals surface area contributed by atoms with Gasteiger partial charge in [-0.1, -0.05) is 11.6 Å². The summed E-state index contributed by atoms with van der Waals surface area (Å²) in [5, 5.41) is 5.66. The lowest BCUT2D eigenvalue weighted by Gasteiger charge is -2.24. The number of thioether (sulfide) groups is 1. The number of aromatic nitrogens is 1. The molecule has 1 aromatic carbocycles. The zero-order valence-corrected chi connectivity index (χ0v) is 16.1. The smallest absolute Gasteiger partial charge is 0.269 e. The van der Waals surface area contributed by atoms with E-state index in [0.717, 1.165) is 5.69 Å². The second-order valence-electron chi connectivity index (χ2n) is 5.62. The number of nitrogens with two attached hydrogens (primary N) is 1. The van der Waals surface area contributed by atoms with Crippen LogP contribution in [0.4, 0.5) is 5.13 Å². The molecule has 2 aromatic rings. The van der Waals surface area contributed by atoms with Crippen LogP contribution in [-0.4, -0.2) is 28.2 Å². The van der Waals surface area contributed by atoms with Crippen LogP contribution in [0.3, 0.4) is 0 Å². The van der Waals surface area contributed by atoms with Crippen molar-refractivity contribution in [1.29, 1.82) is 0 Å². The highest BCUT2D eigenvalue weighted by Crippen LogP contribution is 2.24. The number of rotatable bonds is 8. The van der Waals surface area contributed by atoms with Crippen molar-refractivity contribution in [3.8, 4) is 5.75 Å². The minimum atomic E-state index is -1.08. The van der Waals surface area contributed by atoms with E-state index in [0.29, 0.717) is 21.7 Å². The molecule has 0 aliphatic heterocycles. The first-order valence-electron chi connectivity index (χ1n) is 7.33. The molecule has 0 saturated carbocycles. The van der Waals surface area contributed by atoms with E-state index in [9.17, 15) is 9.59 Å². The minimum Gasteiger partial charge on any atom is -0.478 e. The minimum absolute atomic E-state index is 0.237. The maximum Gasteiger partial charge on any atom is 0.269 e. The molecule has 0 bridgehead atoms. The van der Waals surface area contributed by atoms with E-state index >= 15 is 0 Å². The van der Waals surface area contributed by atoms with Gasteiger partial charge in [-0.15, -0.1) is 23.1 Å². The van der Waals surface area contributed by atoms with Crippen LogP contribution in [0.15, 0.2) is 29.6 Å². The van der Waals surface area contributed by atoms with Gasteiger partial charge >= 0.3 is 0 Å². The Morgan fingerprint density at radius 1 is 1.36 bits per heavy atom. The van der Waals surface area contributed by atoms with Gasteiger partial charge in [0, 0.05) is 16.2 Å². The molecule has 0 aliphatic carbocycles. The second-order valence-corrected chi connectivity index (χ2v) is 7.90. The summed E-state index contributed by atoms with van der Waals surface area (Å²) in [4.78, 5) is 27.5. The van der Waals surface area contributed by atoms with Crippen LogP contribution in [0.5, 0.6) is 5.75 Å². The zero-order valence-electron chi connectivity index (χ0n) is 13.7. The van der Waals surface area contributed by atoms with Crippen molar-refractivity contribution >= 4 is 51.6 Å². The second kappa shape index (κ2) is 8.55. The number of benzene rings is 1. The van der Waals surface area contributed by atoms with Gasteiger partial charge in [0.05, 0.1) is 11.4 Å². The lowest BCUT2D eigenvalue weighted by Crippen LogP contribution is -2.42. The normalized spacial score (nSPS) is 11.2. The number of carbonyl (C=O) groups is 2. The Bertz CT molecular complexity index is 747. The Labute approximate surface area is 159 Å². The molecule has 0 atom stereocenters. The molecule has 0 radical (unpaired) electrons. The first kappa shape index (κ1) is 19.6. The Balaban J connectivity index is 1.92. The molecule has 3 N–H and O–H groups in total. The summed E-state index contributed by atoms with van der Waals surface area (Å²) in [6.07, 6.45) is 0. The number of amides is 2. The highest BCUT2D eigenvalue weighted by atomic mass is 35.5. The quantitative estimate of drug-likeness (QED) is 0.710. The van der Waals surface area contributed by atoms with Crippen LogP contribution in [0, 0.1) is 0 Å². The highest BCUT2D eigenvalue weighted by molar-refractivity contribution is 7.99. The molecule has 9 heteroatoms. The molecule has 134 valence electrons. The van der Waals surface area contributed by atoms with Crippen molar-refractivity contribution in [3.05, 3.63) is 40.4 Å². The molecule has 0 spiro atoms. The molecule has 6 nitrogen and oxygen atoms in total.